The zero-order chi connectivity index (χ0) is 19.1. The molecule has 0 spiro atoms. The third kappa shape index (κ3) is 5.93. The first kappa shape index (κ1) is 19.1. The molecule has 0 aromatic heterocycles. The molecule has 5 nitrogen and oxygen atoms in total. The highest BCUT2D eigenvalue weighted by molar-refractivity contribution is 5.97. The maximum absolute atomic E-state index is 12.2. The van der Waals surface area contributed by atoms with Gasteiger partial charge in [-0.3, -0.25) is 4.79 Å². The van der Waals surface area contributed by atoms with Gasteiger partial charge in [-0.1, -0.05) is 60.2 Å². The number of benzene rings is 2. The molecule has 0 bridgehead atoms. The van der Waals surface area contributed by atoms with Gasteiger partial charge < -0.3 is 14.8 Å². The molecular formula is C22H25NO4. The quantitative estimate of drug-likeness (QED) is 0.750. The number of rotatable bonds is 7. The second-order valence-electron chi connectivity index (χ2n) is 6.94. The van der Waals surface area contributed by atoms with Gasteiger partial charge in [-0.25, -0.2) is 4.79 Å². The van der Waals surface area contributed by atoms with Crippen molar-refractivity contribution in [3.8, 4) is 0 Å². The van der Waals surface area contributed by atoms with E-state index in [4.69, 9.17) is 9.47 Å². The van der Waals surface area contributed by atoms with Crippen molar-refractivity contribution in [2.24, 2.45) is 0 Å². The van der Waals surface area contributed by atoms with E-state index in [9.17, 15) is 9.59 Å². The van der Waals surface area contributed by atoms with Gasteiger partial charge in [-0.05, 0) is 31.7 Å². The lowest BCUT2D eigenvalue weighted by atomic mass is 10.1. The summed E-state index contributed by atoms with van der Waals surface area (Å²) < 4.78 is 11.0. The molecule has 142 valence electrons. The standard InChI is InChI=1S/C22H25NO4/c1-16-7-9-18(10-8-16)21(24)15-26-20-12-11-19(13-20)23-22(25)27-14-17-5-3-2-4-6-17/h2-10,19-20H,11-15H2,1H3,(H,23,25)/t19-,20-/m1/s1. The molecule has 1 fully saturated rings. The number of ketones is 1. The average Bonchev–Trinajstić information content (AvgIpc) is 3.13. The molecule has 1 aliphatic carbocycles. The maximum atomic E-state index is 12.2. The number of alkyl carbamates (subject to hydrolysis) is 1. The van der Waals surface area contributed by atoms with Gasteiger partial charge in [0, 0.05) is 11.6 Å². The van der Waals surface area contributed by atoms with Crippen LogP contribution in [0.25, 0.3) is 0 Å². The number of hydrogen-bond donors (Lipinski definition) is 1. The SMILES string of the molecule is Cc1ccc(C(=O)CO[C@@H]2CC[C@@H](NC(=O)OCc3ccccc3)C2)cc1. The summed E-state index contributed by atoms with van der Waals surface area (Å²) in [6, 6.07) is 17.1. The number of hydrogen-bond acceptors (Lipinski definition) is 4. The highest BCUT2D eigenvalue weighted by atomic mass is 16.5. The molecule has 1 amide bonds. The van der Waals surface area contributed by atoms with Gasteiger partial charge >= 0.3 is 6.09 Å². The smallest absolute Gasteiger partial charge is 0.407 e. The topological polar surface area (TPSA) is 64.6 Å². The van der Waals surface area contributed by atoms with Crippen LogP contribution in [0.1, 0.15) is 40.7 Å². The van der Waals surface area contributed by atoms with Crippen molar-refractivity contribution in [3.63, 3.8) is 0 Å². The maximum Gasteiger partial charge on any atom is 0.407 e. The van der Waals surface area contributed by atoms with E-state index >= 15 is 0 Å². The van der Waals surface area contributed by atoms with Gasteiger partial charge in [0.2, 0.25) is 0 Å². The lowest BCUT2D eigenvalue weighted by molar-refractivity contribution is 0.0471. The van der Waals surface area contributed by atoms with Crippen LogP contribution in [0.2, 0.25) is 0 Å². The number of carbonyl (C=O) groups excluding carboxylic acids is 2. The van der Waals surface area contributed by atoms with Crippen molar-refractivity contribution in [1.29, 1.82) is 0 Å². The summed E-state index contributed by atoms with van der Waals surface area (Å²) in [7, 11) is 0. The Morgan fingerprint density at radius 3 is 2.52 bits per heavy atom. The molecule has 5 heteroatoms. The minimum absolute atomic E-state index is 0.0150. The summed E-state index contributed by atoms with van der Waals surface area (Å²) in [5.41, 5.74) is 2.74. The monoisotopic (exact) mass is 367 g/mol. The van der Waals surface area contributed by atoms with E-state index < -0.39 is 6.09 Å². The second kappa shape index (κ2) is 9.33. The van der Waals surface area contributed by atoms with Crippen LogP contribution in [0.3, 0.4) is 0 Å². The lowest BCUT2D eigenvalue weighted by Crippen LogP contribution is -2.34. The zero-order valence-corrected chi connectivity index (χ0v) is 15.5. The van der Waals surface area contributed by atoms with Crippen LogP contribution in [0.5, 0.6) is 0 Å². The minimum atomic E-state index is -0.416. The molecule has 2 aromatic carbocycles. The van der Waals surface area contributed by atoms with E-state index in [1.807, 2.05) is 61.5 Å². The van der Waals surface area contributed by atoms with Crippen LogP contribution in [0, 0.1) is 6.92 Å². The molecule has 0 unspecified atom stereocenters. The molecule has 1 saturated carbocycles. The number of ether oxygens (including phenoxy) is 2. The number of amides is 1. The van der Waals surface area contributed by atoms with Gasteiger partial charge in [-0.15, -0.1) is 0 Å². The molecule has 27 heavy (non-hydrogen) atoms. The van der Waals surface area contributed by atoms with Crippen LogP contribution in [0.15, 0.2) is 54.6 Å². The van der Waals surface area contributed by atoms with Gasteiger partial charge in [0.25, 0.3) is 0 Å². The molecule has 1 N–H and O–H groups in total. The van der Waals surface area contributed by atoms with E-state index in [0.717, 1.165) is 24.0 Å². The Morgan fingerprint density at radius 1 is 1.04 bits per heavy atom. The Hall–Kier alpha value is -2.66. The number of nitrogens with one attached hydrogen (secondary N) is 1. The zero-order valence-electron chi connectivity index (χ0n) is 15.5. The molecule has 0 radical (unpaired) electrons. The van der Waals surface area contributed by atoms with Crippen molar-refractivity contribution in [1.82, 2.24) is 5.32 Å². The van der Waals surface area contributed by atoms with Gasteiger partial charge in [-0.2, -0.15) is 0 Å². The molecule has 0 saturated heterocycles. The van der Waals surface area contributed by atoms with Crippen molar-refractivity contribution in [2.45, 2.75) is 44.9 Å². The third-order valence-corrected chi connectivity index (χ3v) is 4.74. The summed E-state index contributed by atoms with van der Waals surface area (Å²) in [5, 5.41) is 2.88. The summed E-state index contributed by atoms with van der Waals surface area (Å²) in [6.45, 7) is 2.31. The van der Waals surface area contributed by atoms with E-state index in [0.29, 0.717) is 12.0 Å². The van der Waals surface area contributed by atoms with Crippen molar-refractivity contribution in [3.05, 3.63) is 71.3 Å². The normalized spacial score (nSPS) is 18.9. The van der Waals surface area contributed by atoms with Gasteiger partial charge in [0.05, 0.1) is 6.10 Å². The number of Topliss-reactive ketones (excluding diaryl/α,β-unsaturated/α-hetero) is 1. The summed E-state index contributed by atoms with van der Waals surface area (Å²) in [5.74, 6) is -0.0197. The Bertz CT molecular complexity index is 758. The predicted octanol–water partition coefficient (Wildman–Crippen LogP) is 4.04. The first-order chi connectivity index (χ1) is 13.1. The Kier molecular flexibility index (Phi) is 6.60. The third-order valence-electron chi connectivity index (χ3n) is 4.74. The van der Waals surface area contributed by atoms with Gasteiger partial charge in [0.15, 0.2) is 5.78 Å². The fraction of sp³-hybridized carbons (Fsp3) is 0.364. The van der Waals surface area contributed by atoms with E-state index in [2.05, 4.69) is 5.32 Å². The number of carbonyl (C=O) groups is 2. The molecule has 2 atom stereocenters. The Labute approximate surface area is 159 Å². The average molecular weight is 367 g/mol. The van der Waals surface area contributed by atoms with Crippen molar-refractivity contribution in [2.75, 3.05) is 6.61 Å². The van der Waals surface area contributed by atoms with Crippen LogP contribution in [-0.2, 0) is 16.1 Å². The molecule has 2 aromatic rings. The van der Waals surface area contributed by atoms with Crippen LogP contribution < -0.4 is 5.32 Å². The van der Waals surface area contributed by atoms with Crippen LogP contribution in [-0.4, -0.2) is 30.6 Å². The summed E-state index contributed by atoms with van der Waals surface area (Å²) in [4.78, 5) is 24.1. The first-order valence-electron chi connectivity index (χ1n) is 9.29. The fourth-order valence-corrected chi connectivity index (χ4v) is 3.17. The molecular weight excluding hydrogens is 342 g/mol. The predicted molar refractivity (Wildman–Crippen MR) is 103 cm³/mol. The molecule has 1 aliphatic rings. The van der Waals surface area contributed by atoms with E-state index in [1.54, 1.807) is 0 Å². The van der Waals surface area contributed by atoms with Crippen LogP contribution >= 0.6 is 0 Å². The van der Waals surface area contributed by atoms with Crippen molar-refractivity contribution < 1.29 is 19.1 Å². The highest BCUT2D eigenvalue weighted by Crippen LogP contribution is 2.22. The Morgan fingerprint density at radius 2 is 1.78 bits per heavy atom. The lowest BCUT2D eigenvalue weighted by Gasteiger charge is -2.14. The largest absolute Gasteiger partial charge is 0.445 e. The first-order valence-corrected chi connectivity index (χ1v) is 9.29. The summed E-state index contributed by atoms with van der Waals surface area (Å²) in [6.07, 6.45) is 1.91. The molecule has 0 heterocycles. The number of aryl methyl sites for hydroxylation is 1. The van der Waals surface area contributed by atoms with E-state index in [1.165, 1.54) is 0 Å². The van der Waals surface area contributed by atoms with Gasteiger partial charge in [0.1, 0.15) is 13.2 Å². The highest BCUT2D eigenvalue weighted by Gasteiger charge is 2.27. The fourth-order valence-electron chi connectivity index (χ4n) is 3.17. The van der Waals surface area contributed by atoms with Crippen LogP contribution in [0.4, 0.5) is 4.79 Å². The van der Waals surface area contributed by atoms with Crippen molar-refractivity contribution >= 4 is 11.9 Å². The second-order valence-corrected chi connectivity index (χ2v) is 6.94. The Balaban J connectivity index is 1.36. The minimum Gasteiger partial charge on any atom is -0.445 e. The molecule has 3 rings (SSSR count). The van der Waals surface area contributed by atoms with E-state index in [-0.39, 0.29) is 31.1 Å². The summed E-state index contributed by atoms with van der Waals surface area (Å²) >= 11 is 0. The molecule has 0 aliphatic heterocycles.